The van der Waals surface area contributed by atoms with E-state index in [-0.39, 0.29) is 28.9 Å². The molecule has 0 saturated carbocycles. The molecule has 0 spiro atoms. The van der Waals surface area contributed by atoms with E-state index in [2.05, 4.69) is 0 Å². The SMILES string of the molecule is Cc1cn(CC(=O)c2cc(C(C)(C)C)c(O)c(C(C)(C)C)c2)c(=N)n1Cc1ccccc1. The topological polar surface area (TPSA) is 71.0 Å². The molecule has 3 aromatic rings. The van der Waals surface area contributed by atoms with E-state index in [0.29, 0.717) is 17.7 Å². The lowest BCUT2D eigenvalue weighted by atomic mass is 9.78. The van der Waals surface area contributed by atoms with Crippen molar-refractivity contribution in [2.24, 2.45) is 0 Å². The van der Waals surface area contributed by atoms with Gasteiger partial charge in [0.1, 0.15) is 5.75 Å². The first-order valence-corrected chi connectivity index (χ1v) is 11.1. The fourth-order valence-corrected chi connectivity index (χ4v) is 3.95. The van der Waals surface area contributed by atoms with Crippen molar-refractivity contribution >= 4 is 5.78 Å². The minimum absolute atomic E-state index is 0.0728. The summed E-state index contributed by atoms with van der Waals surface area (Å²) < 4.78 is 3.60. The third-order valence-electron chi connectivity index (χ3n) is 5.84. The fourth-order valence-electron chi connectivity index (χ4n) is 3.95. The molecule has 5 nitrogen and oxygen atoms in total. The molecule has 5 heteroatoms. The molecule has 1 heterocycles. The van der Waals surface area contributed by atoms with Crippen LogP contribution in [0.4, 0.5) is 0 Å². The predicted molar refractivity (Wildman–Crippen MR) is 128 cm³/mol. The molecule has 32 heavy (non-hydrogen) atoms. The van der Waals surface area contributed by atoms with Crippen LogP contribution in [0.1, 0.15) is 74.3 Å². The Labute approximate surface area is 190 Å². The molecular formula is C27H35N3O2. The standard InChI is InChI=1S/C27H35N3O2/c1-18-15-29(25(28)30(18)16-19-11-9-8-10-12-19)17-23(31)20-13-21(26(2,3)4)24(32)22(14-20)27(5,6)7/h8-15,28,32H,16-17H2,1-7H3. The van der Waals surface area contributed by atoms with Gasteiger partial charge in [0.05, 0.1) is 13.1 Å². The summed E-state index contributed by atoms with van der Waals surface area (Å²) in [6.45, 7) is 14.8. The second kappa shape index (κ2) is 8.45. The average molecular weight is 434 g/mol. The number of phenolic OH excluding ortho intramolecular Hbond substituents is 1. The van der Waals surface area contributed by atoms with Gasteiger partial charge < -0.3 is 14.2 Å². The van der Waals surface area contributed by atoms with Crippen molar-refractivity contribution in [2.75, 3.05) is 0 Å². The lowest BCUT2D eigenvalue weighted by Crippen LogP contribution is -2.28. The third-order valence-corrected chi connectivity index (χ3v) is 5.84. The van der Waals surface area contributed by atoms with E-state index in [0.717, 1.165) is 22.4 Å². The number of hydrogen-bond donors (Lipinski definition) is 2. The number of ketones is 1. The van der Waals surface area contributed by atoms with Gasteiger partial charge in [-0.05, 0) is 35.4 Å². The lowest BCUT2D eigenvalue weighted by molar-refractivity contribution is 0.0970. The first-order chi connectivity index (χ1) is 14.8. The van der Waals surface area contributed by atoms with Gasteiger partial charge in [0.25, 0.3) is 0 Å². The van der Waals surface area contributed by atoms with Crippen molar-refractivity contribution in [2.45, 2.75) is 72.4 Å². The summed E-state index contributed by atoms with van der Waals surface area (Å²) in [6.07, 6.45) is 1.86. The van der Waals surface area contributed by atoms with E-state index >= 15 is 0 Å². The summed E-state index contributed by atoms with van der Waals surface area (Å²) in [4.78, 5) is 13.3. The first-order valence-electron chi connectivity index (χ1n) is 11.1. The van der Waals surface area contributed by atoms with Crippen LogP contribution in [-0.2, 0) is 23.9 Å². The second-order valence-electron chi connectivity index (χ2n) is 10.6. The number of carbonyl (C=O) groups excluding carboxylic acids is 1. The zero-order valence-electron chi connectivity index (χ0n) is 20.3. The predicted octanol–water partition coefficient (Wildman–Crippen LogP) is 5.31. The smallest absolute Gasteiger partial charge is 0.202 e. The molecule has 0 unspecified atom stereocenters. The van der Waals surface area contributed by atoms with Crippen molar-refractivity contribution in [3.05, 3.63) is 82.2 Å². The molecule has 170 valence electrons. The van der Waals surface area contributed by atoms with Gasteiger partial charge in [-0.2, -0.15) is 0 Å². The quantitative estimate of drug-likeness (QED) is 0.535. The van der Waals surface area contributed by atoms with Crippen LogP contribution in [0.25, 0.3) is 0 Å². The second-order valence-corrected chi connectivity index (χ2v) is 10.6. The Morgan fingerprint density at radius 3 is 2.00 bits per heavy atom. The summed E-state index contributed by atoms with van der Waals surface area (Å²) >= 11 is 0. The zero-order chi connectivity index (χ0) is 23.8. The van der Waals surface area contributed by atoms with Gasteiger partial charge in [0, 0.05) is 28.6 Å². The number of phenols is 1. The average Bonchev–Trinajstić information content (AvgIpc) is 2.94. The summed E-state index contributed by atoms with van der Waals surface area (Å²) in [5.74, 6) is 0.191. The van der Waals surface area contributed by atoms with E-state index in [1.165, 1.54) is 0 Å². The number of rotatable bonds is 5. The Morgan fingerprint density at radius 2 is 1.50 bits per heavy atom. The molecule has 0 aliphatic rings. The molecule has 0 aliphatic carbocycles. The minimum atomic E-state index is -0.302. The maximum absolute atomic E-state index is 13.3. The maximum atomic E-state index is 13.3. The Bertz CT molecular complexity index is 1150. The van der Waals surface area contributed by atoms with Crippen molar-refractivity contribution in [3.63, 3.8) is 0 Å². The number of imidazole rings is 1. The van der Waals surface area contributed by atoms with E-state index in [4.69, 9.17) is 5.41 Å². The number of Topliss-reactive ketones (excluding diaryl/α,β-unsaturated/α-hetero) is 1. The van der Waals surface area contributed by atoms with E-state index in [1.54, 1.807) is 4.57 Å². The summed E-state index contributed by atoms with van der Waals surface area (Å²) in [7, 11) is 0. The van der Waals surface area contributed by atoms with Gasteiger partial charge in [-0.1, -0.05) is 71.9 Å². The van der Waals surface area contributed by atoms with Crippen molar-refractivity contribution in [1.29, 1.82) is 5.41 Å². The first kappa shape index (κ1) is 23.6. The van der Waals surface area contributed by atoms with Crippen LogP contribution in [0.2, 0.25) is 0 Å². The highest BCUT2D eigenvalue weighted by atomic mass is 16.3. The number of aromatic nitrogens is 2. The van der Waals surface area contributed by atoms with Crippen LogP contribution >= 0.6 is 0 Å². The molecule has 0 bridgehead atoms. The van der Waals surface area contributed by atoms with Gasteiger partial charge in [-0.25, -0.2) is 0 Å². The van der Waals surface area contributed by atoms with E-state index < -0.39 is 0 Å². The molecular weight excluding hydrogens is 398 g/mol. The molecule has 2 N–H and O–H groups in total. The fraction of sp³-hybridized carbons (Fsp3) is 0.407. The van der Waals surface area contributed by atoms with Crippen LogP contribution < -0.4 is 5.62 Å². The van der Waals surface area contributed by atoms with Gasteiger partial charge in [-0.15, -0.1) is 0 Å². The monoisotopic (exact) mass is 433 g/mol. The van der Waals surface area contributed by atoms with Crippen LogP contribution in [-0.4, -0.2) is 20.0 Å². The Balaban J connectivity index is 1.97. The van der Waals surface area contributed by atoms with Crippen LogP contribution in [0.5, 0.6) is 5.75 Å². The number of benzene rings is 2. The Kier molecular flexibility index (Phi) is 6.23. The molecule has 0 radical (unpaired) electrons. The molecule has 3 rings (SSSR count). The normalized spacial score (nSPS) is 12.2. The third kappa shape index (κ3) is 4.87. The molecule has 0 aliphatic heterocycles. The number of carbonyl (C=O) groups is 1. The number of aromatic hydroxyl groups is 1. The summed E-state index contributed by atoms with van der Waals surface area (Å²) in [5.41, 5.74) is 3.84. The largest absolute Gasteiger partial charge is 0.507 e. The van der Waals surface area contributed by atoms with E-state index in [9.17, 15) is 9.90 Å². The number of nitrogens with one attached hydrogen (secondary N) is 1. The van der Waals surface area contributed by atoms with Gasteiger partial charge >= 0.3 is 0 Å². The minimum Gasteiger partial charge on any atom is -0.507 e. The number of nitrogens with zero attached hydrogens (tertiary/aromatic N) is 2. The number of aryl methyl sites for hydroxylation is 1. The Morgan fingerprint density at radius 1 is 0.969 bits per heavy atom. The van der Waals surface area contributed by atoms with Crippen LogP contribution in [0.15, 0.2) is 48.7 Å². The summed E-state index contributed by atoms with van der Waals surface area (Å²) in [5, 5.41) is 19.6. The highest BCUT2D eigenvalue weighted by molar-refractivity contribution is 5.96. The highest BCUT2D eigenvalue weighted by Crippen LogP contribution is 2.39. The maximum Gasteiger partial charge on any atom is 0.202 e. The molecule has 0 atom stereocenters. The molecule has 0 fully saturated rings. The molecule has 0 saturated heterocycles. The number of hydrogen-bond acceptors (Lipinski definition) is 3. The van der Waals surface area contributed by atoms with Gasteiger partial charge in [0.2, 0.25) is 5.62 Å². The van der Waals surface area contributed by atoms with Crippen LogP contribution in [0, 0.1) is 12.3 Å². The molecule has 0 amide bonds. The van der Waals surface area contributed by atoms with E-state index in [1.807, 2.05) is 102 Å². The molecule has 2 aromatic carbocycles. The zero-order valence-corrected chi connectivity index (χ0v) is 20.3. The summed E-state index contributed by atoms with van der Waals surface area (Å²) in [6, 6.07) is 13.6. The lowest BCUT2D eigenvalue weighted by Gasteiger charge is -2.28. The van der Waals surface area contributed by atoms with Crippen molar-refractivity contribution in [1.82, 2.24) is 9.13 Å². The highest BCUT2D eigenvalue weighted by Gasteiger charge is 2.28. The molecule has 1 aromatic heterocycles. The van der Waals surface area contributed by atoms with Crippen molar-refractivity contribution < 1.29 is 9.90 Å². The van der Waals surface area contributed by atoms with Crippen LogP contribution in [0.3, 0.4) is 0 Å². The van der Waals surface area contributed by atoms with Gasteiger partial charge in [-0.3, -0.25) is 10.2 Å². The Hall–Kier alpha value is -3.08. The van der Waals surface area contributed by atoms with Crippen molar-refractivity contribution in [3.8, 4) is 5.75 Å². The van der Waals surface area contributed by atoms with Gasteiger partial charge in [0.15, 0.2) is 5.78 Å².